The Labute approximate surface area is 83.6 Å². The lowest BCUT2D eigenvalue weighted by atomic mass is 9.94. The Bertz CT molecular complexity index is 307. The third-order valence-electron chi connectivity index (χ3n) is 3.23. The molecule has 1 aromatic rings. The second kappa shape index (κ2) is 3.70. The van der Waals surface area contributed by atoms with E-state index < -0.39 is 0 Å². The molecule has 3 unspecified atom stereocenters. The highest BCUT2D eigenvalue weighted by atomic mass is 19.1. The molecule has 0 heterocycles. The van der Waals surface area contributed by atoms with E-state index in [-0.39, 0.29) is 17.8 Å². The zero-order valence-electron chi connectivity index (χ0n) is 8.28. The van der Waals surface area contributed by atoms with Crippen LogP contribution in [0.25, 0.3) is 0 Å². The van der Waals surface area contributed by atoms with Crippen molar-refractivity contribution >= 4 is 0 Å². The molecule has 0 aliphatic heterocycles. The van der Waals surface area contributed by atoms with Gasteiger partial charge in [0.1, 0.15) is 5.82 Å². The summed E-state index contributed by atoms with van der Waals surface area (Å²) in [5, 5.41) is 9.89. The zero-order chi connectivity index (χ0) is 10.1. The number of hydrogen-bond donors (Lipinski definition) is 1. The molecule has 0 amide bonds. The summed E-state index contributed by atoms with van der Waals surface area (Å²) < 4.78 is 12.7. The van der Waals surface area contributed by atoms with Crippen LogP contribution in [0.3, 0.4) is 0 Å². The van der Waals surface area contributed by atoms with Crippen molar-refractivity contribution in [3.05, 3.63) is 35.6 Å². The lowest BCUT2D eigenvalue weighted by Crippen LogP contribution is -2.17. The number of benzene rings is 1. The van der Waals surface area contributed by atoms with E-state index >= 15 is 0 Å². The minimum absolute atomic E-state index is 0.200. The Morgan fingerprint density at radius 3 is 2.36 bits per heavy atom. The summed E-state index contributed by atoms with van der Waals surface area (Å²) >= 11 is 0. The van der Waals surface area contributed by atoms with Crippen LogP contribution in [0.1, 0.15) is 31.2 Å². The summed E-state index contributed by atoms with van der Waals surface area (Å²) in [6, 6.07) is 6.48. The zero-order valence-corrected chi connectivity index (χ0v) is 8.28. The minimum atomic E-state index is -0.263. The van der Waals surface area contributed by atoms with Gasteiger partial charge in [0.15, 0.2) is 0 Å². The van der Waals surface area contributed by atoms with Gasteiger partial charge in [-0.2, -0.15) is 0 Å². The van der Waals surface area contributed by atoms with E-state index in [1.165, 1.54) is 12.1 Å². The molecule has 2 heteroatoms. The molecule has 0 saturated heterocycles. The van der Waals surface area contributed by atoms with Crippen LogP contribution in [-0.2, 0) is 0 Å². The van der Waals surface area contributed by atoms with Crippen LogP contribution in [0.4, 0.5) is 4.39 Å². The third kappa shape index (κ3) is 1.67. The molecule has 1 nitrogen and oxygen atoms in total. The molecule has 0 radical (unpaired) electrons. The molecule has 1 aliphatic rings. The fourth-order valence-electron chi connectivity index (χ4n) is 2.25. The van der Waals surface area contributed by atoms with Crippen molar-refractivity contribution in [2.75, 3.05) is 0 Å². The molecular formula is C12H15FO. The molecular weight excluding hydrogens is 179 g/mol. The van der Waals surface area contributed by atoms with Crippen LogP contribution in [0.5, 0.6) is 0 Å². The first-order valence-corrected chi connectivity index (χ1v) is 5.12. The van der Waals surface area contributed by atoms with E-state index in [4.69, 9.17) is 0 Å². The molecule has 3 atom stereocenters. The normalized spacial score (nSPS) is 32.1. The smallest absolute Gasteiger partial charge is 0.123 e. The SMILES string of the molecule is CC1CCC(c2ccc(F)cc2)C1O. The topological polar surface area (TPSA) is 20.2 Å². The highest BCUT2D eigenvalue weighted by Gasteiger charge is 2.32. The minimum Gasteiger partial charge on any atom is -0.392 e. The van der Waals surface area contributed by atoms with Gasteiger partial charge in [0, 0.05) is 5.92 Å². The first kappa shape index (κ1) is 9.66. The summed E-state index contributed by atoms with van der Waals surface area (Å²) in [5.41, 5.74) is 1.06. The molecule has 76 valence electrons. The molecule has 1 saturated carbocycles. The van der Waals surface area contributed by atoms with Gasteiger partial charge in [-0.15, -0.1) is 0 Å². The second-order valence-corrected chi connectivity index (χ2v) is 4.20. The molecule has 2 rings (SSSR count). The summed E-state index contributed by atoms with van der Waals surface area (Å²) in [6.45, 7) is 2.06. The number of aliphatic hydroxyl groups is 1. The van der Waals surface area contributed by atoms with Crippen molar-refractivity contribution in [3.63, 3.8) is 0 Å². The number of rotatable bonds is 1. The van der Waals surface area contributed by atoms with Crippen LogP contribution in [0.2, 0.25) is 0 Å². The molecule has 0 bridgehead atoms. The first-order chi connectivity index (χ1) is 6.68. The van der Waals surface area contributed by atoms with E-state index in [9.17, 15) is 9.50 Å². The van der Waals surface area contributed by atoms with Gasteiger partial charge in [-0.3, -0.25) is 0 Å². The largest absolute Gasteiger partial charge is 0.392 e. The summed E-state index contributed by atoms with van der Waals surface area (Å²) in [6.07, 6.45) is 1.80. The standard InChI is InChI=1S/C12H15FO/c1-8-2-7-11(12(8)14)9-3-5-10(13)6-4-9/h3-6,8,11-12,14H,2,7H2,1H3. The Balaban J connectivity index is 2.19. The maximum atomic E-state index is 12.7. The van der Waals surface area contributed by atoms with Crippen molar-refractivity contribution in [3.8, 4) is 0 Å². The number of hydrogen-bond acceptors (Lipinski definition) is 1. The first-order valence-electron chi connectivity index (χ1n) is 5.12. The maximum Gasteiger partial charge on any atom is 0.123 e. The molecule has 14 heavy (non-hydrogen) atoms. The predicted molar refractivity (Wildman–Crippen MR) is 53.5 cm³/mol. The Kier molecular flexibility index (Phi) is 2.55. The van der Waals surface area contributed by atoms with Crippen molar-refractivity contribution < 1.29 is 9.50 Å². The van der Waals surface area contributed by atoms with E-state index in [1.54, 1.807) is 12.1 Å². The molecule has 1 fully saturated rings. The summed E-state index contributed by atoms with van der Waals surface area (Å²) in [7, 11) is 0. The molecule has 0 aromatic heterocycles. The lowest BCUT2D eigenvalue weighted by molar-refractivity contribution is 0.125. The van der Waals surface area contributed by atoms with Gasteiger partial charge in [0.05, 0.1) is 6.10 Å². The van der Waals surface area contributed by atoms with Gasteiger partial charge in [-0.1, -0.05) is 19.1 Å². The van der Waals surface area contributed by atoms with Crippen LogP contribution in [0, 0.1) is 11.7 Å². The number of halogens is 1. The van der Waals surface area contributed by atoms with Gasteiger partial charge in [-0.05, 0) is 36.5 Å². The fourth-order valence-corrected chi connectivity index (χ4v) is 2.25. The van der Waals surface area contributed by atoms with Gasteiger partial charge < -0.3 is 5.11 Å². The molecule has 1 aliphatic carbocycles. The van der Waals surface area contributed by atoms with Crippen molar-refractivity contribution in [2.45, 2.75) is 31.8 Å². The van der Waals surface area contributed by atoms with Gasteiger partial charge >= 0.3 is 0 Å². The van der Waals surface area contributed by atoms with Gasteiger partial charge in [0.2, 0.25) is 0 Å². The van der Waals surface area contributed by atoms with E-state index in [0.29, 0.717) is 5.92 Å². The van der Waals surface area contributed by atoms with Crippen LogP contribution in [0.15, 0.2) is 24.3 Å². The molecule has 1 N–H and O–H groups in total. The van der Waals surface area contributed by atoms with E-state index in [2.05, 4.69) is 6.92 Å². The van der Waals surface area contributed by atoms with Crippen LogP contribution < -0.4 is 0 Å². The Morgan fingerprint density at radius 1 is 1.21 bits per heavy atom. The van der Waals surface area contributed by atoms with Crippen molar-refractivity contribution in [1.82, 2.24) is 0 Å². The lowest BCUT2D eigenvalue weighted by Gasteiger charge is -2.17. The monoisotopic (exact) mass is 194 g/mol. The Hall–Kier alpha value is -0.890. The second-order valence-electron chi connectivity index (χ2n) is 4.20. The summed E-state index contributed by atoms with van der Waals surface area (Å²) in [4.78, 5) is 0. The van der Waals surface area contributed by atoms with E-state index in [0.717, 1.165) is 18.4 Å². The third-order valence-corrected chi connectivity index (χ3v) is 3.23. The van der Waals surface area contributed by atoms with E-state index in [1.807, 2.05) is 0 Å². The van der Waals surface area contributed by atoms with Crippen molar-refractivity contribution in [2.24, 2.45) is 5.92 Å². The molecule has 0 spiro atoms. The highest BCUT2D eigenvalue weighted by molar-refractivity contribution is 5.23. The maximum absolute atomic E-state index is 12.7. The summed E-state index contributed by atoms with van der Waals surface area (Å²) in [5.74, 6) is 0.352. The highest BCUT2D eigenvalue weighted by Crippen LogP contribution is 2.38. The van der Waals surface area contributed by atoms with Gasteiger partial charge in [-0.25, -0.2) is 4.39 Å². The quantitative estimate of drug-likeness (QED) is 0.728. The van der Waals surface area contributed by atoms with Gasteiger partial charge in [0.25, 0.3) is 0 Å². The average Bonchev–Trinajstić information content (AvgIpc) is 2.50. The fraction of sp³-hybridized carbons (Fsp3) is 0.500. The van der Waals surface area contributed by atoms with Crippen LogP contribution >= 0.6 is 0 Å². The van der Waals surface area contributed by atoms with Crippen LogP contribution in [-0.4, -0.2) is 11.2 Å². The average molecular weight is 194 g/mol. The van der Waals surface area contributed by atoms with Crippen molar-refractivity contribution in [1.29, 1.82) is 0 Å². The Morgan fingerprint density at radius 2 is 1.86 bits per heavy atom. The molecule has 1 aromatic carbocycles. The predicted octanol–water partition coefficient (Wildman–Crippen LogP) is 2.70. The number of aliphatic hydroxyl groups excluding tert-OH is 1.